The highest BCUT2D eigenvalue weighted by Crippen LogP contribution is 2.40. The van der Waals surface area contributed by atoms with Crippen LogP contribution in [0.25, 0.3) is 0 Å². The van der Waals surface area contributed by atoms with E-state index < -0.39 is 0 Å². The maximum Gasteiger partial charge on any atom is 0.257 e. The van der Waals surface area contributed by atoms with Crippen molar-refractivity contribution in [1.82, 2.24) is 4.90 Å². The van der Waals surface area contributed by atoms with Crippen LogP contribution in [0.5, 0.6) is 0 Å². The van der Waals surface area contributed by atoms with E-state index in [2.05, 4.69) is 26.1 Å². The Hall–Kier alpha value is -2.14. The monoisotopic (exact) mass is 398 g/mol. The predicted octanol–water partition coefficient (Wildman–Crippen LogP) is 5.39. The third kappa shape index (κ3) is 4.46. The van der Waals surface area contributed by atoms with Gasteiger partial charge in [-0.3, -0.25) is 9.59 Å². The summed E-state index contributed by atoms with van der Waals surface area (Å²) in [5.74, 6) is 0.534. The van der Waals surface area contributed by atoms with Gasteiger partial charge in [-0.05, 0) is 55.7 Å². The van der Waals surface area contributed by atoms with E-state index in [4.69, 9.17) is 0 Å². The third-order valence-electron chi connectivity index (χ3n) is 5.26. The molecule has 1 aromatic carbocycles. The Labute approximate surface area is 172 Å². The molecule has 0 fully saturated rings. The number of benzene rings is 1. The number of amides is 2. The Morgan fingerprint density at radius 2 is 1.82 bits per heavy atom. The van der Waals surface area contributed by atoms with Gasteiger partial charge in [0.1, 0.15) is 5.00 Å². The van der Waals surface area contributed by atoms with Gasteiger partial charge in [-0.2, -0.15) is 0 Å². The molecule has 150 valence electrons. The fourth-order valence-electron chi connectivity index (χ4n) is 3.84. The molecule has 3 rings (SSSR count). The first-order chi connectivity index (χ1) is 13.5. The van der Waals surface area contributed by atoms with Crippen LogP contribution in [0.1, 0.15) is 71.2 Å². The average molecular weight is 399 g/mol. The zero-order chi connectivity index (χ0) is 20.1. The molecule has 1 heterocycles. The van der Waals surface area contributed by atoms with Crippen molar-refractivity contribution < 1.29 is 9.59 Å². The Bertz CT molecular complexity index is 823. The minimum Gasteiger partial charge on any atom is -0.339 e. The highest BCUT2D eigenvalue weighted by Gasteiger charge is 2.30. The van der Waals surface area contributed by atoms with E-state index in [1.165, 1.54) is 4.88 Å². The summed E-state index contributed by atoms with van der Waals surface area (Å²) in [6.45, 7) is 7.95. The number of thiophene rings is 1. The molecule has 1 atom stereocenters. The first-order valence-electron chi connectivity index (χ1n) is 10.3. The normalized spacial score (nSPS) is 15.8. The smallest absolute Gasteiger partial charge is 0.257 e. The summed E-state index contributed by atoms with van der Waals surface area (Å²) in [5.41, 5.74) is 2.51. The van der Waals surface area contributed by atoms with Crippen molar-refractivity contribution in [2.24, 2.45) is 5.92 Å². The van der Waals surface area contributed by atoms with E-state index in [9.17, 15) is 9.59 Å². The molecule has 1 N–H and O–H groups in total. The van der Waals surface area contributed by atoms with E-state index in [0.717, 1.165) is 61.3 Å². The zero-order valence-electron chi connectivity index (χ0n) is 17.1. The molecule has 1 aliphatic carbocycles. The molecular formula is C23H30N2O2S. The number of anilines is 1. The summed E-state index contributed by atoms with van der Waals surface area (Å²) >= 11 is 1.59. The van der Waals surface area contributed by atoms with E-state index in [1.807, 2.05) is 23.1 Å². The van der Waals surface area contributed by atoms with Crippen molar-refractivity contribution in [2.75, 3.05) is 18.4 Å². The van der Waals surface area contributed by atoms with Gasteiger partial charge in [0.05, 0.1) is 5.56 Å². The van der Waals surface area contributed by atoms with Crippen LogP contribution < -0.4 is 5.32 Å². The SMILES string of the molecule is CCCN(CCC)C(=O)c1c(NC(=O)c2ccccc2)sc2c1CCC(C)C2. The van der Waals surface area contributed by atoms with Crippen LogP contribution >= 0.6 is 11.3 Å². The minimum atomic E-state index is -0.154. The highest BCUT2D eigenvalue weighted by molar-refractivity contribution is 7.17. The van der Waals surface area contributed by atoms with Gasteiger partial charge in [-0.25, -0.2) is 0 Å². The van der Waals surface area contributed by atoms with Crippen molar-refractivity contribution in [1.29, 1.82) is 0 Å². The summed E-state index contributed by atoms with van der Waals surface area (Å²) in [7, 11) is 0. The molecule has 0 bridgehead atoms. The number of hydrogen-bond donors (Lipinski definition) is 1. The van der Waals surface area contributed by atoms with E-state index in [-0.39, 0.29) is 11.8 Å². The second-order valence-corrected chi connectivity index (χ2v) is 8.77. The fourth-order valence-corrected chi connectivity index (χ4v) is 5.24. The van der Waals surface area contributed by atoms with Gasteiger partial charge in [0.25, 0.3) is 11.8 Å². The van der Waals surface area contributed by atoms with Crippen molar-refractivity contribution >= 4 is 28.2 Å². The number of hydrogen-bond acceptors (Lipinski definition) is 3. The molecule has 1 aliphatic rings. The second kappa shape index (κ2) is 9.37. The molecule has 28 heavy (non-hydrogen) atoms. The lowest BCUT2D eigenvalue weighted by Crippen LogP contribution is -2.33. The molecular weight excluding hydrogens is 368 g/mol. The van der Waals surface area contributed by atoms with Crippen molar-refractivity contribution in [2.45, 2.75) is 52.9 Å². The lowest BCUT2D eigenvalue weighted by atomic mass is 9.88. The van der Waals surface area contributed by atoms with Gasteiger partial charge in [-0.1, -0.05) is 39.0 Å². The summed E-state index contributed by atoms with van der Waals surface area (Å²) in [4.78, 5) is 29.4. The number of nitrogens with one attached hydrogen (secondary N) is 1. The van der Waals surface area contributed by atoms with Crippen LogP contribution in [-0.4, -0.2) is 29.8 Å². The van der Waals surface area contributed by atoms with Crippen LogP contribution in [0.2, 0.25) is 0 Å². The van der Waals surface area contributed by atoms with E-state index in [1.54, 1.807) is 23.5 Å². The van der Waals surface area contributed by atoms with Crippen molar-refractivity contribution in [3.8, 4) is 0 Å². The molecule has 0 spiro atoms. The van der Waals surface area contributed by atoms with Crippen molar-refractivity contribution in [3.05, 3.63) is 51.9 Å². The van der Waals surface area contributed by atoms with Gasteiger partial charge in [0, 0.05) is 23.5 Å². The van der Waals surface area contributed by atoms with Crippen LogP contribution in [0.4, 0.5) is 5.00 Å². The molecule has 4 nitrogen and oxygen atoms in total. The highest BCUT2D eigenvalue weighted by atomic mass is 32.1. The molecule has 0 radical (unpaired) electrons. The predicted molar refractivity (Wildman–Crippen MR) is 116 cm³/mol. The van der Waals surface area contributed by atoms with E-state index in [0.29, 0.717) is 11.5 Å². The van der Waals surface area contributed by atoms with Crippen LogP contribution in [-0.2, 0) is 12.8 Å². The lowest BCUT2D eigenvalue weighted by molar-refractivity contribution is 0.0755. The average Bonchev–Trinajstić information content (AvgIpc) is 3.04. The summed E-state index contributed by atoms with van der Waals surface area (Å²) in [6.07, 6.45) is 4.86. The zero-order valence-corrected chi connectivity index (χ0v) is 17.9. The second-order valence-electron chi connectivity index (χ2n) is 7.67. The van der Waals surface area contributed by atoms with Crippen LogP contribution in [0, 0.1) is 5.92 Å². The van der Waals surface area contributed by atoms with Crippen LogP contribution in [0.15, 0.2) is 30.3 Å². The Balaban J connectivity index is 1.97. The van der Waals surface area contributed by atoms with Gasteiger partial charge in [-0.15, -0.1) is 11.3 Å². The Morgan fingerprint density at radius 1 is 1.14 bits per heavy atom. The van der Waals surface area contributed by atoms with Gasteiger partial charge in [0.15, 0.2) is 0 Å². The largest absolute Gasteiger partial charge is 0.339 e. The van der Waals surface area contributed by atoms with Crippen LogP contribution in [0.3, 0.4) is 0 Å². The van der Waals surface area contributed by atoms with Crippen molar-refractivity contribution in [3.63, 3.8) is 0 Å². The molecule has 2 amide bonds. The topological polar surface area (TPSA) is 49.4 Å². The molecule has 0 saturated heterocycles. The first-order valence-corrected chi connectivity index (χ1v) is 11.2. The summed E-state index contributed by atoms with van der Waals surface area (Å²) in [5, 5.41) is 3.77. The Morgan fingerprint density at radius 3 is 2.46 bits per heavy atom. The third-order valence-corrected chi connectivity index (χ3v) is 6.43. The van der Waals surface area contributed by atoms with Gasteiger partial charge < -0.3 is 10.2 Å². The standard InChI is InChI=1S/C23H30N2O2S/c1-4-13-25(14-5-2)23(27)20-18-12-11-16(3)15-19(18)28-22(20)24-21(26)17-9-7-6-8-10-17/h6-10,16H,4-5,11-15H2,1-3H3,(H,24,26). The first kappa shape index (κ1) is 20.6. The minimum absolute atomic E-state index is 0.0686. The number of carbonyl (C=O) groups excluding carboxylic acids is 2. The molecule has 5 heteroatoms. The number of rotatable bonds is 7. The van der Waals surface area contributed by atoms with E-state index >= 15 is 0 Å². The maximum atomic E-state index is 13.5. The number of carbonyl (C=O) groups is 2. The van der Waals surface area contributed by atoms with Gasteiger partial charge >= 0.3 is 0 Å². The molecule has 0 saturated carbocycles. The molecule has 2 aromatic rings. The Kier molecular flexibility index (Phi) is 6.89. The number of nitrogens with zero attached hydrogens (tertiary/aromatic N) is 1. The number of fused-ring (bicyclic) bond motifs is 1. The quantitative estimate of drug-likeness (QED) is 0.680. The van der Waals surface area contributed by atoms with Gasteiger partial charge in [0.2, 0.25) is 0 Å². The molecule has 1 unspecified atom stereocenters. The molecule has 0 aliphatic heterocycles. The maximum absolute atomic E-state index is 13.5. The fraction of sp³-hybridized carbons (Fsp3) is 0.478. The molecule has 1 aromatic heterocycles. The summed E-state index contributed by atoms with van der Waals surface area (Å²) < 4.78 is 0. The lowest BCUT2D eigenvalue weighted by Gasteiger charge is -2.24. The summed E-state index contributed by atoms with van der Waals surface area (Å²) in [6, 6.07) is 9.20.